The number of rotatable bonds is 8. The highest BCUT2D eigenvalue weighted by molar-refractivity contribution is 5.99. The highest BCUT2D eigenvalue weighted by Gasteiger charge is 2.25. The Kier molecular flexibility index (Phi) is 5.95. The van der Waals surface area contributed by atoms with Crippen LogP contribution in [0.5, 0.6) is 0 Å². The first-order valence-electron chi connectivity index (χ1n) is 8.34. The number of benzene rings is 1. The molecule has 1 aliphatic heterocycles. The van der Waals surface area contributed by atoms with Crippen LogP contribution >= 0.6 is 0 Å². The van der Waals surface area contributed by atoms with Crippen molar-refractivity contribution < 1.29 is 19.5 Å². The number of carbonyl (C=O) groups is 3. The molecule has 24 heavy (non-hydrogen) atoms. The van der Waals surface area contributed by atoms with E-state index in [9.17, 15) is 19.5 Å². The summed E-state index contributed by atoms with van der Waals surface area (Å²) in [5, 5.41) is 14.6. The van der Waals surface area contributed by atoms with E-state index < -0.39 is 12.0 Å². The minimum Gasteiger partial charge on any atom is -0.480 e. The Hall–Kier alpha value is -2.37. The van der Waals surface area contributed by atoms with E-state index in [0.717, 1.165) is 23.2 Å². The van der Waals surface area contributed by atoms with Crippen LogP contribution in [0.2, 0.25) is 0 Å². The molecule has 0 fully saturated rings. The van der Waals surface area contributed by atoms with E-state index >= 15 is 0 Å². The average molecular weight is 332 g/mol. The van der Waals surface area contributed by atoms with E-state index in [2.05, 4.69) is 10.6 Å². The standard InChI is InChI=1S/C18H24N2O4/c1-3-11(2)17(18(23)24)20-15(21)6-4-5-12-7-8-14-13(9-12)10-16(22)19-14/h7-9,11,17H,3-6,10H2,1-2H3,(H,19,22)(H,20,21)(H,23,24)/t11-,17-/m0/s1. The lowest BCUT2D eigenvalue weighted by Gasteiger charge is -2.20. The third kappa shape index (κ3) is 4.57. The van der Waals surface area contributed by atoms with Crippen LogP contribution in [0.4, 0.5) is 5.69 Å². The molecule has 130 valence electrons. The number of aryl methyl sites for hydroxylation is 1. The molecular weight excluding hydrogens is 308 g/mol. The van der Waals surface area contributed by atoms with Crippen LogP contribution < -0.4 is 10.6 Å². The zero-order valence-electron chi connectivity index (χ0n) is 14.1. The Bertz CT molecular complexity index is 642. The van der Waals surface area contributed by atoms with Gasteiger partial charge in [-0.3, -0.25) is 9.59 Å². The van der Waals surface area contributed by atoms with Crippen molar-refractivity contribution in [1.82, 2.24) is 5.32 Å². The summed E-state index contributed by atoms with van der Waals surface area (Å²) in [4.78, 5) is 34.5. The van der Waals surface area contributed by atoms with Gasteiger partial charge < -0.3 is 15.7 Å². The lowest BCUT2D eigenvalue weighted by Crippen LogP contribution is -2.44. The minimum atomic E-state index is -0.992. The molecule has 2 rings (SSSR count). The molecule has 0 aromatic heterocycles. The van der Waals surface area contributed by atoms with Gasteiger partial charge in [-0.1, -0.05) is 32.4 Å². The van der Waals surface area contributed by atoms with Gasteiger partial charge in [-0.2, -0.15) is 0 Å². The monoisotopic (exact) mass is 332 g/mol. The molecule has 1 heterocycles. The summed E-state index contributed by atoms with van der Waals surface area (Å²) in [6.45, 7) is 3.72. The van der Waals surface area contributed by atoms with Gasteiger partial charge in [0.15, 0.2) is 0 Å². The summed E-state index contributed by atoms with van der Waals surface area (Å²) < 4.78 is 0. The van der Waals surface area contributed by atoms with Crippen molar-refractivity contribution in [2.45, 2.75) is 52.0 Å². The maximum atomic E-state index is 12.0. The SMILES string of the molecule is CC[C@H](C)[C@H](NC(=O)CCCc1ccc2c(c1)CC(=O)N2)C(=O)O. The molecule has 0 saturated heterocycles. The van der Waals surface area contributed by atoms with E-state index in [1.165, 1.54) is 0 Å². The van der Waals surface area contributed by atoms with E-state index in [1.807, 2.05) is 32.0 Å². The molecule has 2 atom stereocenters. The summed E-state index contributed by atoms with van der Waals surface area (Å²) >= 11 is 0. The van der Waals surface area contributed by atoms with E-state index in [0.29, 0.717) is 19.3 Å². The summed E-state index contributed by atoms with van der Waals surface area (Å²) in [6.07, 6.45) is 2.74. The number of hydrogen-bond acceptors (Lipinski definition) is 3. The van der Waals surface area contributed by atoms with E-state index in [1.54, 1.807) is 0 Å². The van der Waals surface area contributed by atoms with Gasteiger partial charge in [0.1, 0.15) is 6.04 Å². The zero-order chi connectivity index (χ0) is 17.7. The number of aliphatic carboxylic acids is 1. The molecule has 6 heteroatoms. The summed E-state index contributed by atoms with van der Waals surface area (Å²) in [5.74, 6) is -1.33. The molecule has 1 aliphatic rings. The molecule has 1 aromatic rings. The quantitative estimate of drug-likeness (QED) is 0.679. The van der Waals surface area contributed by atoms with Gasteiger partial charge in [-0.05, 0) is 36.0 Å². The number of anilines is 1. The first kappa shape index (κ1) is 18.0. The number of carbonyl (C=O) groups excluding carboxylic acids is 2. The normalized spacial score (nSPS) is 15.3. The maximum Gasteiger partial charge on any atom is 0.326 e. The Morgan fingerprint density at radius 3 is 2.79 bits per heavy atom. The average Bonchev–Trinajstić information content (AvgIpc) is 2.91. The third-order valence-electron chi connectivity index (χ3n) is 4.46. The molecule has 1 aromatic carbocycles. The van der Waals surface area contributed by atoms with Gasteiger partial charge in [-0.15, -0.1) is 0 Å². The van der Waals surface area contributed by atoms with Crippen LogP contribution in [0.1, 0.15) is 44.2 Å². The van der Waals surface area contributed by atoms with Gasteiger partial charge in [0.2, 0.25) is 11.8 Å². The van der Waals surface area contributed by atoms with Crippen LogP contribution in [0.25, 0.3) is 0 Å². The van der Waals surface area contributed by atoms with Crippen molar-refractivity contribution in [1.29, 1.82) is 0 Å². The van der Waals surface area contributed by atoms with E-state index in [4.69, 9.17) is 0 Å². The van der Waals surface area contributed by atoms with Crippen LogP contribution in [0, 0.1) is 5.92 Å². The smallest absolute Gasteiger partial charge is 0.326 e. The van der Waals surface area contributed by atoms with Gasteiger partial charge in [-0.25, -0.2) is 4.79 Å². The lowest BCUT2D eigenvalue weighted by atomic mass is 9.99. The fourth-order valence-corrected chi connectivity index (χ4v) is 2.82. The predicted molar refractivity (Wildman–Crippen MR) is 90.7 cm³/mol. The molecule has 2 amide bonds. The first-order valence-corrected chi connectivity index (χ1v) is 8.34. The van der Waals surface area contributed by atoms with Crippen molar-refractivity contribution >= 4 is 23.5 Å². The van der Waals surface area contributed by atoms with Crippen molar-refractivity contribution in [3.8, 4) is 0 Å². The highest BCUT2D eigenvalue weighted by atomic mass is 16.4. The lowest BCUT2D eigenvalue weighted by molar-refractivity contribution is -0.143. The van der Waals surface area contributed by atoms with Crippen molar-refractivity contribution in [2.75, 3.05) is 5.32 Å². The zero-order valence-corrected chi connectivity index (χ0v) is 14.1. The Balaban J connectivity index is 1.81. The Morgan fingerprint density at radius 1 is 1.38 bits per heavy atom. The van der Waals surface area contributed by atoms with Crippen molar-refractivity contribution in [3.05, 3.63) is 29.3 Å². The van der Waals surface area contributed by atoms with Crippen LogP contribution in [0.15, 0.2) is 18.2 Å². The number of hydrogen-bond donors (Lipinski definition) is 3. The predicted octanol–water partition coefficient (Wildman–Crippen LogP) is 2.12. The number of carboxylic acids is 1. The fourth-order valence-electron chi connectivity index (χ4n) is 2.82. The maximum absolute atomic E-state index is 12.0. The van der Waals surface area contributed by atoms with Crippen LogP contribution in [0.3, 0.4) is 0 Å². The molecule has 6 nitrogen and oxygen atoms in total. The largest absolute Gasteiger partial charge is 0.480 e. The van der Waals surface area contributed by atoms with Crippen molar-refractivity contribution in [2.24, 2.45) is 5.92 Å². The Morgan fingerprint density at radius 2 is 2.12 bits per heavy atom. The van der Waals surface area contributed by atoms with Gasteiger partial charge in [0.05, 0.1) is 6.42 Å². The second-order valence-electron chi connectivity index (χ2n) is 6.34. The number of fused-ring (bicyclic) bond motifs is 1. The summed E-state index contributed by atoms with van der Waals surface area (Å²) in [7, 11) is 0. The second kappa shape index (κ2) is 7.95. The van der Waals surface area contributed by atoms with Crippen LogP contribution in [-0.2, 0) is 27.2 Å². The van der Waals surface area contributed by atoms with Gasteiger partial charge in [0, 0.05) is 12.1 Å². The molecule has 3 N–H and O–H groups in total. The van der Waals surface area contributed by atoms with Gasteiger partial charge in [0.25, 0.3) is 0 Å². The number of amides is 2. The third-order valence-corrected chi connectivity index (χ3v) is 4.46. The highest BCUT2D eigenvalue weighted by Crippen LogP contribution is 2.24. The summed E-state index contributed by atoms with van der Waals surface area (Å²) in [6, 6.07) is 4.99. The molecular formula is C18H24N2O4. The van der Waals surface area contributed by atoms with Crippen LogP contribution in [-0.4, -0.2) is 28.9 Å². The van der Waals surface area contributed by atoms with Gasteiger partial charge >= 0.3 is 5.97 Å². The topological polar surface area (TPSA) is 95.5 Å². The molecule has 0 spiro atoms. The molecule has 0 saturated carbocycles. The fraction of sp³-hybridized carbons (Fsp3) is 0.500. The minimum absolute atomic E-state index is 0.00582. The molecule has 0 radical (unpaired) electrons. The van der Waals surface area contributed by atoms with Crippen molar-refractivity contribution in [3.63, 3.8) is 0 Å². The Labute approximate surface area is 141 Å². The number of nitrogens with one attached hydrogen (secondary N) is 2. The second-order valence-corrected chi connectivity index (χ2v) is 6.34. The summed E-state index contributed by atoms with van der Waals surface area (Å²) in [5.41, 5.74) is 2.93. The molecule has 0 unspecified atom stereocenters. The molecule has 0 aliphatic carbocycles. The van der Waals surface area contributed by atoms with E-state index in [-0.39, 0.29) is 24.2 Å². The number of carboxylic acid groups (broad SMARTS) is 1. The first-order chi connectivity index (χ1) is 11.4. The molecule has 0 bridgehead atoms.